The van der Waals surface area contributed by atoms with Crippen LogP contribution in [-0.4, -0.2) is 87.3 Å². The summed E-state index contributed by atoms with van der Waals surface area (Å²) in [5.41, 5.74) is 4.18. The number of pyridine rings is 1. The monoisotopic (exact) mass is 721 g/mol. The molecule has 2 aliphatic carbocycles. The van der Waals surface area contributed by atoms with Gasteiger partial charge in [0.15, 0.2) is 5.78 Å². The van der Waals surface area contributed by atoms with Crippen LogP contribution in [0.4, 0.5) is 0 Å². The van der Waals surface area contributed by atoms with Gasteiger partial charge < -0.3 is 48.1 Å². The second-order valence-corrected chi connectivity index (χ2v) is 11.8. The third-order valence-corrected chi connectivity index (χ3v) is 8.68. The fourth-order valence-electron chi connectivity index (χ4n) is 6.05. The van der Waals surface area contributed by atoms with Crippen molar-refractivity contribution in [2.75, 3.05) is 27.4 Å². The average molecular weight is 723 g/mol. The molecule has 4 aromatic heterocycles. The quantitative estimate of drug-likeness (QED) is 0.140. The molecule has 2 saturated carbocycles. The van der Waals surface area contributed by atoms with Gasteiger partial charge >= 0.3 is 35.0 Å². The number of hydrogen-bond donors (Lipinski definition) is 1. The summed E-state index contributed by atoms with van der Waals surface area (Å²) < 4.78 is 18.1. The minimum Gasteiger partial charge on any atom is -1.00 e. The van der Waals surface area contributed by atoms with Crippen molar-refractivity contribution in [3.05, 3.63) is 83.8 Å². The zero-order valence-electron chi connectivity index (χ0n) is 28.2. The molecule has 12 heteroatoms. The number of halogens is 1. The van der Waals surface area contributed by atoms with Crippen LogP contribution < -0.4 is 17.0 Å². The van der Waals surface area contributed by atoms with E-state index < -0.39 is 17.5 Å². The van der Waals surface area contributed by atoms with Gasteiger partial charge in [-0.1, -0.05) is 6.07 Å². The van der Waals surface area contributed by atoms with Gasteiger partial charge in [0.1, 0.15) is 5.60 Å². The summed E-state index contributed by atoms with van der Waals surface area (Å²) in [6.07, 6.45) is 9.93. The first-order chi connectivity index (χ1) is 21.1. The molecular weight excluding hydrogens is 679 g/mol. The number of aromatic nitrogens is 3. The summed E-state index contributed by atoms with van der Waals surface area (Å²) >= 11 is 0. The van der Waals surface area contributed by atoms with E-state index in [4.69, 9.17) is 14.2 Å². The van der Waals surface area contributed by atoms with Crippen molar-refractivity contribution in [3.8, 4) is 0 Å². The molecule has 0 radical (unpaired) electrons. The average Bonchev–Trinajstić information content (AvgIpc) is 3.95. The van der Waals surface area contributed by atoms with Gasteiger partial charge in [0.05, 0.1) is 47.8 Å². The largest absolute Gasteiger partial charge is 2.00 e. The van der Waals surface area contributed by atoms with Crippen molar-refractivity contribution in [2.45, 2.75) is 64.9 Å². The van der Waals surface area contributed by atoms with E-state index in [1.807, 2.05) is 48.7 Å². The molecule has 1 atom stereocenters. The predicted octanol–water partition coefficient (Wildman–Crippen LogP) is 2.54. The van der Waals surface area contributed by atoms with Crippen molar-refractivity contribution in [3.63, 3.8) is 0 Å². The Kier molecular flexibility index (Phi) is 14.7. The molecule has 4 aromatic rings. The van der Waals surface area contributed by atoms with Gasteiger partial charge in [-0.25, -0.2) is 14.1 Å². The molecule has 1 unspecified atom stereocenters. The van der Waals surface area contributed by atoms with E-state index >= 15 is 0 Å². The third kappa shape index (κ3) is 8.27. The van der Waals surface area contributed by atoms with Crippen molar-refractivity contribution < 1.29 is 50.7 Å². The number of methoxy groups -OCH3 is 2. The molecule has 7 rings (SSSR count). The molecule has 3 aliphatic rings. The van der Waals surface area contributed by atoms with Gasteiger partial charge in [0.25, 0.3) is 0 Å². The van der Waals surface area contributed by atoms with Gasteiger partial charge in [0.2, 0.25) is 0 Å². The molecule has 1 aliphatic heterocycles. The Morgan fingerprint density at radius 1 is 0.915 bits per heavy atom. The molecule has 5 heterocycles. The first-order valence-electron chi connectivity index (χ1n) is 15.2. The fraction of sp³-hybridized carbons (Fsp3) is 0.457. The number of hydrogen-bond acceptors (Lipinski definition) is 8. The van der Waals surface area contributed by atoms with Crippen LogP contribution >= 0.6 is 0 Å². The summed E-state index contributed by atoms with van der Waals surface area (Å²) in [7, 11) is 2.72. The molecule has 10 nitrogen and oxygen atoms in total. The van der Waals surface area contributed by atoms with Crippen LogP contribution in [0.25, 0.3) is 11.0 Å². The van der Waals surface area contributed by atoms with Crippen LogP contribution in [-0.2, 0) is 19.8 Å². The summed E-state index contributed by atoms with van der Waals surface area (Å²) in [6, 6.07) is 9.14. The number of fused-ring (bicyclic) bond motifs is 2. The SMILES string of the molecule is C1CCOC1.COC(=O)c1c(C)c(C(=O)C2CC2)n2ccccc12.COC(=O)c1c(C)c(C(C)(O)C2CC2)n2ncccc12.[Br-].[CH3-].[Mg+2]. The minimum atomic E-state index is -0.979. The number of Topliss-reactive ketones (excluding diaryl/α,β-unsaturated/α-hetero) is 1. The summed E-state index contributed by atoms with van der Waals surface area (Å²) in [5, 5.41) is 15.2. The van der Waals surface area contributed by atoms with Crippen LogP contribution in [0, 0.1) is 33.1 Å². The summed E-state index contributed by atoms with van der Waals surface area (Å²) in [6.45, 7) is 7.46. The number of aliphatic hydroxyl groups is 1. The summed E-state index contributed by atoms with van der Waals surface area (Å²) in [5.74, 6) is -0.301. The standard InChI is InChI=1S/C15H18N2O3.C15H15NO3.C4H8O.CH3.BrH.Mg/c1-9-12(14(18)20-3)11-5-4-8-16-17(11)13(9)15(2,19)10-6-7-10;1-9-12(15(18)19-2)11-5-3-4-8-16(11)13(9)14(17)10-6-7-10;1-2-4-5-3-1;;;/h4-5,8,10,19H,6-7H2,1-3H3;3-5,8,10H,6-7H2,1-2H3;1-4H2;1H3;1H;/q;;;-1;;+2/p-1. The Bertz CT molecular complexity index is 1690. The van der Waals surface area contributed by atoms with E-state index in [9.17, 15) is 19.5 Å². The topological polar surface area (TPSA) is 121 Å². The summed E-state index contributed by atoms with van der Waals surface area (Å²) in [4.78, 5) is 36.3. The molecule has 0 bridgehead atoms. The maximum atomic E-state index is 12.4. The second-order valence-electron chi connectivity index (χ2n) is 11.8. The molecule has 0 spiro atoms. The molecule has 0 amide bonds. The molecule has 1 saturated heterocycles. The number of rotatable bonds is 6. The fourth-order valence-corrected chi connectivity index (χ4v) is 6.05. The van der Waals surface area contributed by atoms with E-state index in [0.29, 0.717) is 28.0 Å². The molecule has 250 valence electrons. The molecular formula is C35H44BrMgN3O7. The zero-order chi connectivity index (χ0) is 31.6. The Balaban J connectivity index is 0.000000269. The number of carbonyl (C=O) groups excluding carboxylic acids is 3. The smallest absolute Gasteiger partial charge is 1.00 e. The molecule has 3 fully saturated rings. The van der Waals surface area contributed by atoms with Gasteiger partial charge in [-0.15, -0.1) is 0 Å². The molecule has 47 heavy (non-hydrogen) atoms. The van der Waals surface area contributed by atoms with Crippen LogP contribution in [0.3, 0.4) is 0 Å². The van der Waals surface area contributed by atoms with E-state index in [1.165, 1.54) is 27.1 Å². The number of carbonyl (C=O) groups is 3. The van der Waals surface area contributed by atoms with E-state index in [2.05, 4.69) is 5.10 Å². The van der Waals surface area contributed by atoms with Crippen molar-refractivity contribution in [2.24, 2.45) is 11.8 Å². The van der Waals surface area contributed by atoms with Gasteiger partial charge in [-0.2, -0.15) is 5.10 Å². The van der Waals surface area contributed by atoms with E-state index in [1.54, 1.807) is 23.7 Å². The van der Waals surface area contributed by atoms with Crippen LogP contribution in [0.2, 0.25) is 0 Å². The van der Waals surface area contributed by atoms with Gasteiger partial charge in [-0.05, 0) is 101 Å². The van der Waals surface area contributed by atoms with Crippen molar-refractivity contribution >= 4 is 51.8 Å². The number of nitrogens with zero attached hydrogens (tertiary/aromatic N) is 3. The van der Waals surface area contributed by atoms with Gasteiger partial charge in [-0.3, -0.25) is 4.79 Å². The second kappa shape index (κ2) is 17.1. The van der Waals surface area contributed by atoms with Crippen LogP contribution in [0.1, 0.15) is 93.5 Å². The Morgan fingerprint density at radius 3 is 2.00 bits per heavy atom. The third-order valence-electron chi connectivity index (χ3n) is 8.68. The van der Waals surface area contributed by atoms with Gasteiger partial charge in [0, 0.05) is 31.5 Å². The normalized spacial score (nSPS) is 16.1. The zero-order valence-corrected chi connectivity index (χ0v) is 31.2. The van der Waals surface area contributed by atoms with Crippen molar-refractivity contribution in [1.29, 1.82) is 0 Å². The van der Waals surface area contributed by atoms with Crippen LogP contribution in [0.5, 0.6) is 0 Å². The Morgan fingerprint density at radius 2 is 1.49 bits per heavy atom. The molecule has 0 aromatic carbocycles. The van der Waals surface area contributed by atoms with Crippen molar-refractivity contribution in [1.82, 2.24) is 14.0 Å². The van der Waals surface area contributed by atoms with E-state index in [0.717, 1.165) is 55.5 Å². The first-order valence-corrected chi connectivity index (χ1v) is 15.2. The number of ether oxygens (including phenoxy) is 3. The maximum Gasteiger partial charge on any atom is 2.00 e. The van der Waals surface area contributed by atoms with Crippen LogP contribution in [0.15, 0.2) is 42.7 Å². The number of esters is 2. The Hall–Kier alpha value is -2.77. The minimum absolute atomic E-state index is 0. The first kappa shape index (κ1) is 40.4. The predicted molar refractivity (Wildman–Crippen MR) is 176 cm³/mol. The maximum absolute atomic E-state index is 12.4. The Labute approximate surface area is 303 Å². The van der Waals surface area contributed by atoms with E-state index in [-0.39, 0.29) is 65.1 Å². The molecule has 1 N–H and O–H groups in total. The number of ketones is 1.